The van der Waals surface area contributed by atoms with Crippen LogP contribution in [0.1, 0.15) is 12.0 Å². The molecule has 0 aliphatic carbocycles. The molecule has 0 aromatic heterocycles. The Bertz CT molecular complexity index is 426. The molecule has 0 heterocycles. The Hall–Kier alpha value is -1.60. The van der Waals surface area contributed by atoms with E-state index in [4.69, 9.17) is 10.3 Å². The SMILES string of the molecule is O=C(O)CC(Cc1cc(F)c(F)cc1F)NO. The van der Waals surface area contributed by atoms with Crippen LogP contribution in [0.3, 0.4) is 0 Å². The molecule has 0 amide bonds. The van der Waals surface area contributed by atoms with Crippen LogP contribution in [0.25, 0.3) is 0 Å². The van der Waals surface area contributed by atoms with Gasteiger partial charge in [0.2, 0.25) is 0 Å². The summed E-state index contributed by atoms with van der Waals surface area (Å²) in [7, 11) is 0. The van der Waals surface area contributed by atoms with Crippen LogP contribution in [-0.4, -0.2) is 22.3 Å². The van der Waals surface area contributed by atoms with Gasteiger partial charge in [-0.25, -0.2) is 18.7 Å². The Morgan fingerprint density at radius 1 is 1.24 bits per heavy atom. The molecule has 0 aliphatic heterocycles. The summed E-state index contributed by atoms with van der Waals surface area (Å²) in [4.78, 5) is 10.4. The summed E-state index contributed by atoms with van der Waals surface area (Å²) in [5.41, 5.74) is 1.47. The van der Waals surface area contributed by atoms with Crippen LogP contribution in [0.15, 0.2) is 12.1 Å². The molecule has 1 atom stereocenters. The molecule has 0 radical (unpaired) electrons. The zero-order valence-electron chi connectivity index (χ0n) is 8.58. The number of carbonyl (C=O) groups is 1. The molecule has 0 fully saturated rings. The summed E-state index contributed by atoms with van der Waals surface area (Å²) in [5.74, 6) is -4.75. The Labute approximate surface area is 94.6 Å². The van der Waals surface area contributed by atoms with Crippen molar-refractivity contribution in [2.45, 2.75) is 18.9 Å². The first-order valence-electron chi connectivity index (χ1n) is 4.69. The van der Waals surface area contributed by atoms with Gasteiger partial charge in [-0.1, -0.05) is 0 Å². The molecule has 1 rings (SSSR count). The monoisotopic (exact) mass is 249 g/mol. The fourth-order valence-electron chi connectivity index (χ4n) is 1.36. The van der Waals surface area contributed by atoms with Crippen LogP contribution in [0.4, 0.5) is 13.2 Å². The number of carboxylic acids is 1. The van der Waals surface area contributed by atoms with E-state index >= 15 is 0 Å². The van der Waals surface area contributed by atoms with Crippen molar-refractivity contribution in [1.82, 2.24) is 5.48 Å². The first-order valence-corrected chi connectivity index (χ1v) is 4.69. The maximum Gasteiger partial charge on any atom is 0.305 e. The molecule has 17 heavy (non-hydrogen) atoms. The van der Waals surface area contributed by atoms with E-state index in [0.29, 0.717) is 12.1 Å². The first-order chi connectivity index (χ1) is 7.93. The number of hydrogen-bond donors (Lipinski definition) is 3. The molecule has 3 N–H and O–H groups in total. The lowest BCUT2D eigenvalue weighted by molar-refractivity contribution is -0.138. The largest absolute Gasteiger partial charge is 0.481 e. The fourth-order valence-corrected chi connectivity index (χ4v) is 1.36. The van der Waals surface area contributed by atoms with E-state index in [1.54, 1.807) is 5.48 Å². The molecule has 7 heteroatoms. The zero-order valence-corrected chi connectivity index (χ0v) is 8.58. The van der Waals surface area contributed by atoms with E-state index in [9.17, 15) is 18.0 Å². The van der Waals surface area contributed by atoms with Crippen LogP contribution < -0.4 is 5.48 Å². The zero-order chi connectivity index (χ0) is 13.0. The Balaban J connectivity index is 2.86. The summed E-state index contributed by atoms with van der Waals surface area (Å²) in [6.45, 7) is 0. The quantitative estimate of drug-likeness (QED) is 0.546. The van der Waals surface area contributed by atoms with Gasteiger partial charge in [-0.3, -0.25) is 4.79 Å². The van der Waals surface area contributed by atoms with Crippen molar-refractivity contribution in [3.8, 4) is 0 Å². The standard InChI is InChI=1S/C10H10F3NO3/c11-7-4-9(13)8(12)2-5(7)1-6(14-17)3-10(15)16/h2,4,6,14,17H,1,3H2,(H,15,16). The minimum Gasteiger partial charge on any atom is -0.481 e. The number of halogens is 3. The van der Waals surface area contributed by atoms with E-state index in [0.717, 1.165) is 0 Å². The Morgan fingerprint density at radius 2 is 1.82 bits per heavy atom. The number of hydroxylamine groups is 1. The molecule has 1 aromatic rings. The Morgan fingerprint density at radius 3 is 2.35 bits per heavy atom. The lowest BCUT2D eigenvalue weighted by Gasteiger charge is -2.13. The topological polar surface area (TPSA) is 69.6 Å². The van der Waals surface area contributed by atoms with Crippen molar-refractivity contribution in [2.24, 2.45) is 0 Å². The van der Waals surface area contributed by atoms with Crippen LogP contribution in [0.5, 0.6) is 0 Å². The van der Waals surface area contributed by atoms with Crippen LogP contribution >= 0.6 is 0 Å². The van der Waals surface area contributed by atoms with Crippen molar-refractivity contribution >= 4 is 5.97 Å². The smallest absolute Gasteiger partial charge is 0.305 e. The third-order valence-electron chi connectivity index (χ3n) is 2.16. The second kappa shape index (κ2) is 5.65. The van der Waals surface area contributed by atoms with E-state index in [2.05, 4.69) is 0 Å². The van der Waals surface area contributed by atoms with Gasteiger partial charge in [0.05, 0.1) is 6.42 Å². The second-order valence-corrected chi connectivity index (χ2v) is 3.49. The van der Waals surface area contributed by atoms with Crippen LogP contribution in [0, 0.1) is 17.5 Å². The summed E-state index contributed by atoms with van der Waals surface area (Å²) < 4.78 is 38.7. The molecule has 0 spiro atoms. The van der Waals surface area contributed by atoms with Crippen molar-refractivity contribution < 1.29 is 28.3 Å². The average molecular weight is 249 g/mol. The third kappa shape index (κ3) is 3.72. The molecule has 0 saturated carbocycles. The van der Waals surface area contributed by atoms with E-state index in [1.165, 1.54) is 0 Å². The molecular weight excluding hydrogens is 239 g/mol. The molecule has 0 aliphatic rings. The van der Waals surface area contributed by atoms with Gasteiger partial charge in [0.15, 0.2) is 11.6 Å². The third-order valence-corrected chi connectivity index (χ3v) is 2.16. The van der Waals surface area contributed by atoms with E-state index in [-0.39, 0.29) is 12.0 Å². The van der Waals surface area contributed by atoms with Crippen molar-refractivity contribution in [2.75, 3.05) is 0 Å². The van der Waals surface area contributed by atoms with E-state index < -0.39 is 35.9 Å². The maximum atomic E-state index is 13.2. The van der Waals surface area contributed by atoms with Gasteiger partial charge in [0, 0.05) is 12.1 Å². The number of aliphatic carboxylic acids is 1. The highest BCUT2D eigenvalue weighted by Crippen LogP contribution is 2.16. The highest BCUT2D eigenvalue weighted by Gasteiger charge is 2.17. The molecule has 0 bridgehead atoms. The van der Waals surface area contributed by atoms with Crippen LogP contribution in [0.2, 0.25) is 0 Å². The Kier molecular flexibility index (Phi) is 4.47. The highest BCUT2D eigenvalue weighted by molar-refractivity contribution is 5.67. The van der Waals surface area contributed by atoms with Gasteiger partial charge in [0.25, 0.3) is 0 Å². The molecule has 94 valence electrons. The van der Waals surface area contributed by atoms with Crippen molar-refractivity contribution in [3.63, 3.8) is 0 Å². The number of carboxylic acid groups (broad SMARTS) is 1. The number of rotatable bonds is 5. The lowest BCUT2D eigenvalue weighted by atomic mass is 10.0. The summed E-state index contributed by atoms with van der Waals surface area (Å²) >= 11 is 0. The average Bonchev–Trinajstić information content (AvgIpc) is 2.24. The predicted octanol–water partition coefficient (Wildman–Crippen LogP) is 1.47. The van der Waals surface area contributed by atoms with E-state index in [1.807, 2.05) is 0 Å². The normalized spacial score (nSPS) is 12.5. The predicted molar refractivity (Wildman–Crippen MR) is 51.0 cm³/mol. The summed E-state index contributed by atoms with van der Waals surface area (Å²) in [5, 5.41) is 17.1. The van der Waals surface area contributed by atoms with Crippen molar-refractivity contribution in [1.29, 1.82) is 0 Å². The minimum atomic E-state index is -1.32. The van der Waals surface area contributed by atoms with Gasteiger partial charge in [0.1, 0.15) is 5.82 Å². The van der Waals surface area contributed by atoms with Gasteiger partial charge < -0.3 is 10.3 Å². The summed E-state index contributed by atoms with van der Waals surface area (Å²) in [6, 6.07) is 0.0309. The van der Waals surface area contributed by atoms with Gasteiger partial charge in [-0.2, -0.15) is 0 Å². The fraction of sp³-hybridized carbons (Fsp3) is 0.300. The minimum absolute atomic E-state index is 0.211. The molecule has 0 saturated heterocycles. The molecular formula is C10H10F3NO3. The van der Waals surface area contributed by atoms with Gasteiger partial charge >= 0.3 is 5.97 Å². The van der Waals surface area contributed by atoms with Crippen LogP contribution in [-0.2, 0) is 11.2 Å². The maximum absolute atomic E-state index is 13.2. The van der Waals surface area contributed by atoms with Gasteiger partial charge in [-0.15, -0.1) is 0 Å². The summed E-state index contributed by atoms with van der Waals surface area (Å²) in [6.07, 6.45) is -0.749. The van der Waals surface area contributed by atoms with Gasteiger partial charge in [-0.05, 0) is 18.1 Å². The molecule has 1 aromatic carbocycles. The number of nitrogens with one attached hydrogen (secondary N) is 1. The second-order valence-electron chi connectivity index (χ2n) is 3.49. The number of hydrogen-bond acceptors (Lipinski definition) is 3. The highest BCUT2D eigenvalue weighted by atomic mass is 19.2. The molecule has 1 unspecified atom stereocenters. The first kappa shape index (κ1) is 13.5. The lowest BCUT2D eigenvalue weighted by Crippen LogP contribution is -2.31. The number of benzene rings is 1. The molecule has 4 nitrogen and oxygen atoms in total. The van der Waals surface area contributed by atoms with Crippen molar-refractivity contribution in [3.05, 3.63) is 35.1 Å².